The summed E-state index contributed by atoms with van der Waals surface area (Å²) in [5.74, 6) is 0.660. The van der Waals surface area contributed by atoms with Gasteiger partial charge in [0.2, 0.25) is 0 Å². The van der Waals surface area contributed by atoms with Crippen molar-refractivity contribution in [3.05, 3.63) is 69.6 Å². The molecule has 2 N–H and O–H groups in total. The van der Waals surface area contributed by atoms with Crippen LogP contribution in [0, 0.1) is 0 Å². The minimum Gasteiger partial charge on any atom is -0.493 e. The van der Waals surface area contributed by atoms with Crippen molar-refractivity contribution in [2.75, 3.05) is 33.3 Å². The molecule has 0 fully saturated rings. The number of ether oxygens (including phenoxy) is 2. The van der Waals surface area contributed by atoms with E-state index < -0.39 is 0 Å². The van der Waals surface area contributed by atoms with Crippen LogP contribution in [0.4, 0.5) is 0 Å². The highest BCUT2D eigenvalue weighted by Gasteiger charge is 2.18. The molecule has 160 valence electrons. The van der Waals surface area contributed by atoms with Crippen LogP contribution in [0.25, 0.3) is 0 Å². The molecule has 0 heterocycles. The van der Waals surface area contributed by atoms with E-state index in [0.29, 0.717) is 30.0 Å². The molecule has 8 heteroatoms. The van der Waals surface area contributed by atoms with Gasteiger partial charge in [0.25, 0.3) is 11.8 Å². The van der Waals surface area contributed by atoms with Crippen LogP contribution in [0.1, 0.15) is 15.9 Å². The maximum Gasteiger partial charge on any atom is 0.269 e. The average Bonchev–Trinajstić information content (AvgIpc) is 2.79. The van der Waals surface area contributed by atoms with E-state index in [1.165, 1.54) is 23.5 Å². The topological polar surface area (TPSA) is 76.7 Å². The number of rotatable bonds is 10. The molecule has 0 saturated carbocycles. The van der Waals surface area contributed by atoms with Crippen molar-refractivity contribution >= 4 is 35.3 Å². The number of carbonyl (C=O) groups is 2. The highest BCUT2D eigenvalue weighted by atomic mass is 32.2. The number of carbonyl (C=O) groups excluding carboxylic acids is 2. The molecule has 0 aliphatic heterocycles. The van der Waals surface area contributed by atoms with E-state index in [-0.39, 0.29) is 17.5 Å². The maximum absolute atomic E-state index is 12.8. The molecule has 0 spiro atoms. The summed E-state index contributed by atoms with van der Waals surface area (Å²) in [4.78, 5) is 25.4. The molecule has 0 atom stereocenters. The lowest BCUT2D eigenvalue weighted by Crippen LogP contribution is -2.36. The summed E-state index contributed by atoms with van der Waals surface area (Å²) >= 11 is 2.84. The van der Waals surface area contributed by atoms with Crippen molar-refractivity contribution in [1.29, 1.82) is 0 Å². The zero-order chi connectivity index (χ0) is 21.9. The highest BCUT2D eigenvalue weighted by molar-refractivity contribution is 8.21. The van der Waals surface area contributed by atoms with Crippen molar-refractivity contribution in [2.45, 2.75) is 6.42 Å². The van der Waals surface area contributed by atoms with Crippen molar-refractivity contribution in [3.63, 3.8) is 0 Å². The molecule has 2 amide bonds. The zero-order valence-corrected chi connectivity index (χ0v) is 19.1. The van der Waals surface area contributed by atoms with E-state index in [0.717, 1.165) is 9.80 Å². The van der Waals surface area contributed by atoms with E-state index in [2.05, 4.69) is 10.6 Å². The molecule has 0 aliphatic rings. The van der Waals surface area contributed by atoms with Crippen LogP contribution in [0.3, 0.4) is 0 Å². The van der Waals surface area contributed by atoms with Crippen LogP contribution in [0.5, 0.6) is 11.5 Å². The van der Waals surface area contributed by atoms with Crippen molar-refractivity contribution < 1.29 is 19.1 Å². The summed E-state index contributed by atoms with van der Waals surface area (Å²) in [6.07, 6.45) is 4.36. The first-order valence-corrected chi connectivity index (χ1v) is 11.7. The second-order valence-electron chi connectivity index (χ2n) is 6.09. The minimum absolute atomic E-state index is 0.260. The van der Waals surface area contributed by atoms with Gasteiger partial charge in [0, 0.05) is 12.1 Å². The SMILES string of the molecule is COc1ccc(CCNC(=O)C(NC(=O)c2ccccc2)=C(SC)SC)cc1OC. The van der Waals surface area contributed by atoms with Crippen LogP contribution in [-0.4, -0.2) is 45.1 Å². The first-order chi connectivity index (χ1) is 14.5. The van der Waals surface area contributed by atoms with Gasteiger partial charge in [0.15, 0.2) is 11.5 Å². The average molecular weight is 447 g/mol. The molecule has 0 radical (unpaired) electrons. The Balaban J connectivity index is 2.06. The van der Waals surface area contributed by atoms with Gasteiger partial charge in [-0.3, -0.25) is 9.59 Å². The predicted octanol–water partition coefficient (Wildman–Crippen LogP) is 3.69. The molecular weight excluding hydrogens is 420 g/mol. The van der Waals surface area contributed by atoms with E-state index in [1.54, 1.807) is 38.5 Å². The molecule has 2 aromatic rings. The van der Waals surface area contributed by atoms with Gasteiger partial charge in [-0.15, -0.1) is 23.5 Å². The van der Waals surface area contributed by atoms with Crippen molar-refractivity contribution in [3.8, 4) is 11.5 Å². The molecule has 0 bridgehead atoms. The Morgan fingerprint density at radius 1 is 0.933 bits per heavy atom. The summed E-state index contributed by atoms with van der Waals surface area (Å²) in [6.45, 7) is 0.412. The lowest BCUT2D eigenvalue weighted by Gasteiger charge is -2.14. The fraction of sp³-hybridized carbons (Fsp3) is 0.273. The first-order valence-electron chi connectivity index (χ1n) is 9.21. The molecule has 0 aromatic heterocycles. The molecule has 30 heavy (non-hydrogen) atoms. The lowest BCUT2D eigenvalue weighted by molar-refractivity contribution is -0.117. The first kappa shape index (κ1) is 23.7. The summed E-state index contributed by atoms with van der Waals surface area (Å²) in [7, 11) is 3.17. The predicted molar refractivity (Wildman–Crippen MR) is 124 cm³/mol. The van der Waals surface area contributed by atoms with Gasteiger partial charge in [-0.05, 0) is 48.8 Å². The van der Waals surface area contributed by atoms with E-state index in [4.69, 9.17) is 9.47 Å². The van der Waals surface area contributed by atoms with Gasteiger partial charge in [0.05, 0.1) is 18.5 Å². The normalized spacial score (nSPS) is 10.1. The van der Waals surface area contributed by atoms with Crippen LogP contribution >= 0.6 is 23.5 Å². The monoisotopic (exact) mass is 446 g/mol. The summed E-state index contributed by atoms with van der Waals surface area (Å²) in [5.41, 5.74) is 1.76. The maximum atomic E-state index is 12.8. The third-order valence-corrected chi connectivity index (χ3v) is 6.37. The van der Waals surface area contributed by atoms with Gasteiger partial charge in [-0.1, -0.05) is 24.3 Å². The van der Waals surface area contributed by atoms with E-state index in [1.807, 2.05) is 36.8 Å². The van der Waals surface area contributed by atoms with E-state index in [9.17, 15) is 9.59 Å². The largest absolute Gasteiger partial charge is 0.493 e. The van der Waals surface area contributed by atoms with Gasteiger partial charge in [-0.25, -0.2) is 0 Å². The fourth-order valence-electron chi connectivity index (χ4n) is 2.71. The van der Waals surface area contributed by atoms with Gasteiger partial charge >= 0.3 is 0 Å². The molecule has 0 aliphatic carbocycles. The Kier molecular flexibility index (Phi) is 9.63. The zero-order valence-electron chi connectivity index (χ0n) is 17.5. The summed E-state index contributed by atoms with van der Waals surface area (Å²) in [5, 5.41) is 5.66. The Labute approximate surface area is 185 Å². The van der Waals surface area contributed by atoms with Crippen LogP contribution in [0.15, 0.2) is 58.5 Å². The third-order valence-electron chi connectivity index (χ3n) is 4.22. The Bertz CT molecular complexity index is 895. The van der Waals surface area contributed by atoms with Crippen LogP contribution < -0.4 is 20.1 Å². The second-order valence-corrected chi connectivity index (χ2v) is 7.98. The number of hydrogen-bond donors (Lipinski definition) is 2. The van der Waals surface area contributed by atoms with Crippen LogP contribution in [0.2, 0.25) is 0 Å². The number of nitrogens with one attached hydrogen (secondary N) is 2. The number of amides is 2. The molecule has 6 nitrogen and oxygen atoms in total. The smallest absolute Gasteiger partial charge is 0.269 e. The fourth-order valence-corrected chi connectivity index (χ4v) is 4.07. The summed E-state index contributed by atoms with van der Waals surface area (Å²) in [6, 6.07) is 14.5. The van der Waals surface area contributed by atoms with Gasteiger partial charge in [0.1, 0.15) is 5.70 Å². The quantitative estimate of drug-likeness (QED) is 0.542. The Morgan fingerprint density at radius 2 is 1.60 bits per heavy atom. The highest BCUT2D eigenvalue weighted by Crippen LogP contribution is 2.28. The van der Waals surface area contributed by atoms with Gasteiger partial charge < -0.3 is 20.1 Å². The second kappa shape index (κ2) is 12.2. The molecule has 2 aromatic carbocycles. The number of hydrogen-bond acceptors (Lipinski definition) is 6. The molecule has 0 saturated heterocycles. The van der Waals surface area contributed by atoms with E-state index >= 15 is 0 Å². The third kappa shape index (κ3) is 6.47. The standard InChI is InChI=1S/C22H26N2O4S2/c1-27-17-11-10-15(14-18(17)28-2)12-13-23-21(26)19(22(29-3)30-4)24-20(25)16-8-6-5-7-9-16/h5-11,14H,12-13H2,1-4H3,(H,23,26)(H,24,25). The molecular formula is C22H26N2O4S2. The minimum atomic E-state index is -0.321. The lowest BCUT2D eigenvalue weighted by atomic mass is 10.1. The number of benzene rings is 2. The number of thioether (sulfide) groups is 2. The van der Waals surface area contributed by atoms with Crippen molar-refractivity contribution in [2.24, 2.45) is 0 Å². The molecule has 2 rings (SSSR count). The van der Waals surface area contributed by atoms with Crippen LogP contribution in [-0.2, 0) is 11.2 Å². The number of methoxy groups -OCH3 is 2. The molecule has 0 unspecified atom stereocenters. The summed E-state index contributed by atoms with van der Waals surface area (Å²) < 4.78 is 11.3. The van der Waals surface area contributed by atoms with Gasteiger partial charge in [-0.2, -0.15) is 0 Å². The Morgan fingerprint density at radius 3 is 2.20 bits per heavy atom. The Hall–Kier alpha value is -2.58. The van der Waals surface area contributed by atoms with Crippen molar-refractivity contribution in [1.82, 2.24) is 10.6 Å².